The number of nitrogens with two attached hydrogens (primary N) is 1. The normalized spacial score (nSPS) is 24.9. The predicted octanol–water partition coefficient (Wildman–Crippen LogP) is 2.74. The zero-order chi connectivity index (χ0) is 15.1. The van der Waals surface area contributed by atoms with Gasteiger partial charge in [-0.3, -0.25) is 0 Å². The van der Waals surface area contributed by atoms with Crippen LogP contribution in [0.2, 0.25) is 5.02 Å². The summed E-state index contributed by atoms with van der Waals surface area (Å²) in [5.41, 5.74) is 5.84. The molecule has 1 aromatic carbocycles. The van der Waals surface area contributed by atoms with Gasteiger partial charge in [0.2, 0.25) is 10.0 Å². The zero-order valence-electron chi connectivity index (χ0n) is 10.8. The molecule has 4 nitrogen and oxygen atoms in total. The van der Waals surface area contributed by atoms with Gasteiger partial charge in [-0.2, -0.15) is 4.31 Å². The maximum atomic E-state index is 13.2. The quantitative estimate of drug-likeness (QED) is 0.851. The Morgan fingerprint density at radius 3 is 2.70 bits per heavy atom. The molecule has 0 amide bonds. The van der Waals surface area contributed by atoms with Crippen LogP contribution in [0, 0.1) is 5.82 Å². The Morgan fingerprint density at radius 1 is 1.50 bits per heavy atom. The van der Waals surface area contributed by atoms with E-state index in [1.54, 1.807) is 0 Å². The number of hydrogen-bond acceptors (Lipinski definition) is 3. The lowest BCUT2D eigenvalue weighted by Crippen LogP contribution is -2.48. The second-order valence-electron chi connectivity index (χ2n) is 4.95. The number of sulfonamides is 1. The number of piperidine rings is 1. The summed E-state index contributed by atoms with van der Waals surface area (Å²) < 4.78 is 40.1. The Labute approximate surface area is 131 Å². The van der Waals surface area contributed by atoms with Crippen LogP contribution in [0.25, 0.3) is 0 Å². The van der Waals surface area contributed by atoms with E-state index in [0.717, 1.165) is 12.1 Å². The second-order valence-corrected chi connectivity index (χ2v) is 8.04. The molecule has 0 aromatic heterocycles. The molecule has 1 aliphatic heterocycles. The second kappa shape index (κ2) is 5.88. The van der Waals surface area contributed by atoms with Gasteiger partial charge in [0.05, 0.1) is 5.02 Å². The highest BCUT2D eigenvalue weighted by Crippen LogP contribution is 2.35. The van der Waals surface area contributed by atoms with Crippen LogP contribution in [0.1, 0.15) is 19.8 Å². The summed E-state index contributed by atoms with van der Waals surface area (Å²) in [6.07, 6.45) is 1.19. The highest BCUT2D eigenvalue weighted by Gasteiger charge is 2.36. The van der Waals surface area contributed by atoms with E-state index in [2.05, 4.69) is 15.9 Å². The number of hydrogen-bond donors (Lipinski definition) is 1. The fourth-order valence-corrected chi connectivity index (χ4v) is 5.85. The van der Waals surface area contributed by atoms with Crippen molar-refractivity contribution in [3.8, 4) is 0 Å². The molecule has 0 aliphatic carbocycles. The van der Waals surface area contributed by atoms with Crippen LogP contribution in [0.5, 0.6) is 0 Å². The molecule has 2 atom stereocenters. The van der Waals surface area contributed by atoms with E-state index in [1.165, 1.54) is 4.31 Å². The molecule has 2 rings (SSSR count). The van der Waals surface area contributed by atoms with Crippen molar-refractivity contribution in [2.75, 3.05) is 6.54 Å². The van der Waals surface area contributed by atoms with Crippen molar-refractivity contribution in [1.29, 1.82) is 0 Å². The highest BCUT2D eigenvalue weighted by molar-refractivity contribution is 9.10. The van der Waals surface area contributed by atoms with Gasteiger partial charge in [0.15, 0.2) is 0 Å². The molecular weight excluding hydrogens is 371 g/mol. The van der Waals surface area contributed by atoms with Crippen LogP contribution < -0.4 is 5.73 Å². The summed E-state index contributed by atoms with van der Waals surface area (Å²) in [4.78, 5) is -0.0945. The summed E-state index contributed by atoms with van der Waals surface area (Å²) in [6, 6.07) is 1.89. The molecule has 1 aromatic rings. The minimum atomic E-state index is -3.78. The lowest BCUT2D eigenvalue weighted by atomic mass is 10.0. The molecule has 0 radical (unpaired) electrons. The van der Waals surface area contributed by atoms with E-state index in [1.807, 2.05) is 6.92 Å². The van der Waals surface area contributed by atoms with Gasteiger partial charge in [-0.25, -0.2) is 12.8 Å². The standard InChI is InChI=1S/C12H15BrClFN2O2S/c1-7-4-9(16)2-3-17(7)20(18,19)12-10(13)5-8(15)6-11(12)14/h5-7,9H,2-4,16H2,1H3. The average molecular weight is 386 g/mol. The van der Waals surface area contributed by atoms with Crippen LogP contribution in [-0.2, 0) is 10.0 Å². The maximum absolute atomic E-state index is 13.2. The van der Waals surface area contributed by atoms with Crippen LogP contribution in [-0.4, -0.2) is 31.4 Å². The van der Waals surface area contributed by atoms with Crippen molar-refractivity contribution < 1.29 is 12.8 Å². The molecule has 8 heteroatoms. The minimum Gasteiger partial charge on any atom is -0.328 e. The topological polar surface area (TPSA) is 63.4 Å². The molecule has 2 unspecified atom stereocenters. The van der Waals surface area contributed by atoms with Gasteiger partial charge in [-0.15, -0.1) is 0 Å². The summed E-state index contributed by atoms with van der Waals surface area (Å²) in [5.74, 6) is -0.588. The van der Waals surface area contributed by atoms with Gasteiger partial charge in [0.25, 0.3) is 0 Å². The molecule has 0 bridgehead atoms. The first-order valence-electron chi connectivity index (χ1n) is 6.15. The van der Waals surface area contributed by atoms with Gasteiger partial charge in [-0.05, 0) is 47.8 Å². The van der Waals surface area contributed by atoms with Crippen LogP contribution in [0.4, 0.5) is 4.39 Å². The van der Waals surface area contributed by atoms with Gasteiger partial charge >= 0.3 is 0 Å². The number of rotatable bonds is 2. The van der Waals surface area contributed by atoms with Gasteiger partial charge in [-0.1, -0.05) is 11.6 Å². The molecule has 1 saturated heterocycles. The summed E-state index contributed by atoms with van der Waals surface area (Å²) in [5, 5.41) is -0.126. The summed E-state index contributed by atoms with van der Waals surface area (Å²) in [6.45, 7) is 2.15. The third kappa shape index (κ3) is 3.01. The van der Waals surface area contributed by atoms with E-state index >= 15 is 0 Å². The fourth-order valence-electron chi connectivity index (χ4n) is 2.44. The molecule has 2 N–H and O–H groups in total. The molecule has 1 fully saturated rings. The monoisotopic (exact) mass is 384 g/mol. The summed E-state index contributed by atoms with van der Waals surface area (Å²) >= 11 is 8.99. The zero-order valence-corrected chi connectivity index (χ0v) is 14.0. The van der Waals surface area contributed by atoms with Crippen LogP contribution in [0.15, 0.2) is 21.5 Å². The van der Waals surface area contributed by atoms with E-state index in [4.69, 9.17) is 17.3 Å². The molecule has 112 valence electrons. The van der Waals surface area contributed by atoms with Gasteiger partial charge in [0.1, 0.15) is 10.7 Å². The molecule has 0 saturated carbocycles. The molecule has 1 heterocycles. The van der Waals surface area contributed by atoms with Crippen molar-refractivity contribution in [1.82, 2.24) is 4.31 Å². The minimum absolute atomic E-state index is 0.00332. The van der Waals surface area contributed by atoms with E-state index in [9.17, 15) is 12.8 Å². The van der Waals surface area contributed by atoms with Crippen molar-refractivity contribution in [2.45, 2.75) is 36.7 Å². The third-order valence-corrected chi connectivity index (χ3v) is 6.80. The van der Waals surface area contributed by atoms with E-state index in [0.29, 0.717) is 19.4 Å². The largest absolute Gasteiger partial charge is 0.328 e. The SMILES string of the molecule is CC1CC(N)CCN1S(=O)(=O)c1c(Cl)cc(F)cc1Br. The Kier molecular flexibility index (Phi) is 4.76. The van der Waals surface area contributed by atoms with Crippen LogP contribution >= 0.6 is 27.5 Å². The first-order chi connectivity index (χ1) is 9.23. The predicted molar refractivity (Wildman–Crippen MR) is 79.7 cm³/mol. The van der Waals surface area contributed by atoms with Crippen molar-refractivity contribution in [2.24, 2.45) is 5.73 Å². The summed E-state index contributed by atoms with van der Waals surface area (Å²) in [7, 11) is -3.78. The molecular formula is C12H15BrClFN2O2S. The Morgan fingerprint density at radius 2 is 2.15 bits per heavy atom. The number of halogens is 3. The van der Waals surface area contributed by atoms with E-state index < -0.39 is 15.8 Å². The average Bonchev–Trinajstić information content (AvgIpc) is 2.25. The number of benzene rings is 1. The Balaban J connectivity index is 2.46. The maximum Gasteiger partial charge on any atom is 0.245 e. The lowest BCUT2D eigenvalue weighted by molar-refractivity contribution is 0.247. The van der Waals surface area contributed by atoms with Crippen molar-refractivity contribution in [3.63, 3.8) is 0 Å². The Bertz CT molecular complexity index is 603. The first kappa shape index (κ1) is 16.2. The molecule has 1 aliphatic rings. The highest BCUT2D eigenvalue weighted by atomic mass is 79.9. The number of nitrogens with zero attached hydrogens (tertiary/aromatic N) is 1. The third-order valence-electron chi connectivity index (χ3n) is 3.39. The van der Waals surface area contributed by atoms with E-state index in [-0.39, 0.29) is 26.5 Å². The fraction of sp³-hybridized carbons (Fsp3) is 0.500. The van der Waals surface area contributed by atoms with Gasteiger partial charge < -0.3 is 5.73 Å². The van der Waals surface area contributed by atoms with Crippen molar-refractivity contribution in [3.05, 3.63) is 27.4 Å². The Hall–Kier alpha value is -0.210. The van der Waals surface area contributed by atoms with Crippen molar-refractivity contribution >= 4 is 37.6 Å². The smallest absolute Gasteiger partial charge is 0.245 e. The first-order valence-corrected chi connectivity index (χ1v) is 8.76. The van der Waals surface area contributed by atoms with Crippen LogP contribution in [0.3, 0.4) is 0 Å². The molecule has 0 spiro atoms. The lowest BCUT2D eigenvalue weighted by Gasteiger charge is -2.35. The molecule has 20 heavy (non-hydrogen) atoms. The van der Waals surface area contributed by atoms with Gasteiger partial charge in [0, 0.05) is 23.1 Å².